The first kappa shape index (κ1) is 15.9. The van der Waals surface area contributed by atoms with Gasteiger partial charge >= 0.3 is 0 Å². The minimum Gasteiger partial charge on any atom is -0.326 e. The topological polar surface area (TPSA) is 32.3 Å². The molecule has 1 atom stereocenters. The number of nitrogens with one attached hydrogen (secondary N) is 1. The molecule has 1 unspecified atom stereocenters. The lowest BCUT2D eigenvalue weighted by Crippen LogP contribution is -2.40. The fourth-order valence-electron chi connectivity index (χ4n) is 2.86. The minimum absolute atomic E-state index is 0.165. The van der Waals surface area contributed by atoms with Gasteiger partial charge in [0, 0.05) is 30.8 Å². The molecule has 1 aliphatic rings. The smallest absolute Gasteiger partial charge is 0.225 e. The van der Waals surface area contributed by atoms with Crippen LogP contribution in [0.2, 0.25) is 0 Å². The summed E-state index contributed by atoms with van der Waals surface area (Å²) in [6, 6.07) is 3.95. The van der Waals surface area contributed by atoms with E-state index in [9.17, 15) is 13.6 Å². The van der Waals surface area contributed by atoms with Gasteiger partial charge in [0.05, 0.1) is 0 Å². The number of hydrogen-bond donors (Lipinski definition) is 1. The van der Waals surface area contributed by atoms with Crippen LogP contribution in [0.5, 0.6) is 0 Å². The lowest BCUT2D eigenvalue weighted by atomic mass is 10.00. The third kappa shape index (κ3) is 4.49. The molecule has 3 nitrogen and oxygen atoms in total. The molecule has 1 N–H and O–H groups in total. The van der Waals surface area contributed by atoms with Crippen LogP contribution < -0.4 is 5.32 Å². The van der Waals surface area contributed by atoms with Gasteiger partial charge in [-0.2, -0.15) is 0 Å². The Hall–Kier alpha value is -1.49. The van der Waals surface area contributed by atoms with Crippen LogP contribution in [0.25, 0.3) is 0 Å². The van der Waals surface area contributed by atoms with Gasteiger partial charge in [0.15, 0.2) is 11.6 Å². The zero-order chi connectivity index (χ0) is 15.2. The summed E-state index contributed by atoms with van der Waals surface area (Å²) in [5.74, 6) is -2.02. The molecule has 0 spiro atoms. The Kier molecular flexibility index (Phi) is 5.67. The number of nitrogens with zero attached hydrogens (tertiary/aromatic N) is 1. The standard InChI is InChI=1S/C16H22F2N2O/c1-2-13-5-3-4-9-20(13)10-8-16(21)19-12-6-7-14(17)15(18)11-12/h6-7,11,13H,2-5,8-10H2,1H3,(H,19,21). The van der Waals surface area contributed by atoms with Crippen molar-refractivity contribution in [2.24, 2.45) is 0 Å². The molecule has 1 amide bonds. The summed E-state index contributed by atoms with van der Waals surface area (Å²) in [5.41, 5.74) is 0.296. The van der Waals surface area contributed by atoms with Crippen molar-refractivity contribution in [1.29, 1.82) is 0 Å². The highest BCUT2D eigenvalue weighted by Crippen LogP contribution is 2.19. The highest BCUT2D eigenvalue weighted by molar-refractivity contribution is 5.90. The Balaban J connectivity index is 1.82. The second-order valence-corrected chi connectivity index (χ2v) is 5.52. The molecule has 0 saturated carbocycles. The summed E-state index contributed by atoms with van der Waals surface area (Å²) in [5, 5.41) is 2.61. The number of likely N-dealkylation sites (tertiary alicyclic amines) is 1. The van der Waals surface area contributed by atoms with Crippen LogP contribution in [0.1, 0.15) is 39.0 Å². The summed E-state index contributed by atoms with van der Waals surface area (Å²) in [7, 11) is 0. The van der Waals surface area contributed by atoms with Gasteiger partial charge in [0.25, 0.3) is 0 Å². The summed E-state index contributed by atoms with van der Waals surface area (Å²) < 4.78 is 25.9. The van der Waals surface area contributed by atoms with Gasteiger partial charge < -0.3 is 5.32 Å². The molecule has 0 aliphatic carbocycles. The van der Waals surface area contributed by atoms with Crippen molar-refractivity contribution in [3.63, 3.8) is 0 Å². The Morgan fingerprint density at radius 2 is 2.14 bits per heavy atom. The Bertz CT molecular complexity index is 493. The first-order valence-electron chi connectivity index (χ1n) is 7.59. The molecule has 116 valence electrons. The summed E-state index contributed by atoms with van der Waals surface area (Å²) >= 11 is 0. The van der Waals surface area contributed by atoms with E-state index in [0.29, 0.717) is 24.7 Å². The Morgan fingerprint density at radius 3 is 2.86 bits per heavy atom. The van der Waals surface area contributed by atoms with Gasteiger partial charge in [-0.1, -0.05) is 13.3 Å². The Morgan fingerprint density at radius 1 is 1.33 bits per heavy atom. The van der Waals surface area contributed by atoms with Crippen LogP contribution >= 0.6 is 0 Å². The summed E-state index contributed by atoms with van der Waals surface area (Å²) in [6.45, 7) is 3.93. The molecule has 1 fully saturated rings. The predicted molar refractivity (Wildman–Crippen MR) is 79.1 cm³/mol. The summed E-state index contributed by atoms with van der Waals surface area (Å²) in [4.78, 5) is 14.2. The normalized spacial score (nSPS) is 19.5. The average molecular weight is 296 g/mol. The molecule has 1 aromatic rings. The lowest BCUT2D eigenvalue weighted by Gasteiger charge is -2.35. The van der Waals surface area contributed by atoms with Crippen molar-refractivity contribution < 1.29 is 13.6 Å². The molecule has 5 heteroatoms. The molecule has 2 rings (SSSR count). The molecule has 1 heterocycles. The van der Waals surface area contributed by atoms with Gasteiger partial charge in [-0.15, -0.1) is 0 Å². The van der Waals surface area contributed by atoms with Crippen molar-refractivity contribution in [1.82, 2.24) is 4.90 Å². The Labute approximate surface area is 124 Å². The number of carbonyl (C=O) groups excluding carboxylic acids is 1. The fraction of sp³-hybridized carbons (Fsp3) is 0.562. The summed E-state index contributed by atoms with van der Waals surface area (Å²) in [6.07, 6.45) is 5.11. The number of amides is 1. The van der Waals surface area contributed by atoms with E-state index >= 15 is 0 Å². The van der Waals surface area contributed by atoms with Crippen LogP contribution in [-0.2, 0) is 4.79 Å². The number of carbonyl (C=O) groups is 1. The molecular formula is C16H22F2N2O. The predicted octanol–water partition coefficient (Wildman–Crippen LogP) is 3.56. The second-order valence-electron chi connectivity index (χ2n) is 5.52. The monoisotopic (exact) mass is 296 g/mol. The highest BCUT2D eigenvalue weighted by Gasteiger charge is 2.21. The van der Waals surface area contributed by atoms with Crippen LogP contribution in [0, 0.1) is 11.6 Å². The van der Waals surface area contributed by atoms with Gasteiger partial charge in [-0.3, -0.25) is 9.69 Å². The molecule has 0 radical (unpaired) electrons. The maximum Gasteiger partial charge on any atom is 0.225 e. The van der Waals surface area contributed by atoms with Crippen molar-refractivity contribution in [2.75, 3.05) is 18.4 Å². The lowest BCUT2D eigenvalue weighted by molar-refractivity contribution is -0.116. The molecular weight excluding hydrogens is 274 g/mol. The van der Waals surface area contributed by atoms with Gasteiger partial charge in [-0.05, 0) is 37.9 Å². The molecule has 0 bridgehead atoms. The van der Waals surface area contributed by atoms with Crippen molar-refractivity contribution >= 4 is 11.6 Å². The SMILES string of the molecule is CCC1CCCCN1CCC(=O)Nc1ccc(F)c(F)c1. The molecule has 0 aromatic heterocycles. The first-order chi connectivity index (χ1) is 10.1. The number of benzene rings is 1. The zero-order valence-electron chi connectivity index (χ0n) is 12.4. The highest BCUT2D eigenvalue weighted by atomic mass is 19.2. The largest absolute Gasteiger partial charge is 0.326 e. The van der Waals surface area contributed by atoms with E-state index in [-0.39, 0.29) is 5.91 Å². The molecule has 1 saturated heterocycles. The molecule has 1 aromatic carbocycles. The van der Waals surface area contributed by atoms with E-state index in [0.717, 1.165) is 25.1 Å². The maximum atomic E-state index is 13.1. The number of halogens is 2. The van der Waals surface area contributed by atoms with Crippen LogP contribution in [0.3, 0.4) is 0 Å². The third-order valence-electron chi connectivity index (χ3n) is 4.05. The zero-order valence-corrected chi connectivity index (χ0v) is 12.4. The van der Waals surface area contributed by atoms with Gasteiger partial charge in [0.1, 0.15) is 0 Å². The number of anilines is 1. The van der Waals surface area contributed by atoms with Gasteiger partial charge in [0.2, 0.25) is 5.91 Å². The van der Waals surface area contributed by atoms with E-state index < -0.39 is 11.6 Å². The van der Waals surface area contributed by atoms with Crippen molar-refractivity contribution in [3.8, 4) is 0 Å². The van der Waals surface area contributed by atoms with E-state index in [1.165, 1.54) is 25.3 Å². The van der Waals surface area contributed by atoms with Crippen molar-refractivity contribution in [3.05, 3.63) is 29.8 Å². The minimum atomic E-state index is -0.949. The number of hydrogen-bond acceptors (Lipinski definition) is 2. The molecule has 1 aliphatic heterocycles. The van der Waals surface area contributed by atoms with Crippen LogP contribution in [0.15, 0.2) is 18.2 Å². The number of rotatable bonds is 5. The average Bonchev–Trinajstić information content (AvgIpc) is 2.49. The fourth-order valence-corrected chi connectivity index (χ4v) is 2.86. The first-order valence-corrected chi connectivity index (χ1v) is 7.59. The van der Waals surface area contributed by atoms with Gasteiger partial charge in [-0.25, -0.2) is 8.78 Å². The van der Waals surface area contributed by atoms with E-state index in [4.69, 9.17) is 0 Å². The quantitative estimate of drug-likeness (QED) is 0.901. The van der Waals surface area contributed by atoms with E-state index in [1.807, 2.05) is 0 Å². The third-order valence-corrected chi connectivity index (χ3v) is 4.05. The maximum absolute atomic E-state index is 13.1. The number of piperidine rings is 1. The van der Waals surface area contributed by atoms with E-state index in [2.05, 4.69) is 17.1 Å². The molecule has 21 heavy (non-hydrogen) atoms. The van der Waals surface area contributed by atoms with E-state index in [1.54, 1.807) is 0 Å². The van der Waals surface area contributed by atoms with Crippen molar-refractivity contribution in [2.45, 2.75) is 45.1 Å². The van der Waals surface area contributed by atoms with Crippen LogP contribution in [-0.4, -0.2) is 29.9 Å². The van der Waals surface area contributed by atoms with Crippen LogP contribution in [0.4, 0.5) is 14.5 Å². The second kappa shape index (κ2) is 7.50.